The Bertz CT molecular complexity index is 337. The predicted octanol–water partition coefficient (Wildman–Crippen LogP) is 1.02. The molecule has 1 aromatic rings. The van der Waals surface area contributed by atoms with Crippen molar-refractivity contribution in [3.05, 3.63) is 23.8 Å². The van der Waals surface area contributed by atoms with Crippen molar-refractivity contribution in [1.82, 2.24) is 14.9 Å². The molecular formula is C10H15N3O2. The average molecular weight is 209 g/mol. The zero-order valence-electron chi connectivity index (χ0n) is 8.97. The monoisotopic (exact) mass is 209 g/mol. The maximum absolute atomic E-state index is 10.7. The minimum atomic E-state index is -1.02. The normalized spacial score (nSPS) is 10.6. The van der Waals surface area contributed by atoms with Gasteiger partial charge < -0.3 is 5.11 Å². The van der Waals surface area contributed by atoms with Gasteiger partial charge in [-0.05, 0) is 19.2 Å². The Morgan fingerprint density at radius 3 is 2.60 bits per heavy atom. The third kappa shape index (κ3) is 3.28. The number of aromatic nitrogens is 2. The number of rotatable bonds is 5. The van der Waals surface area contributed by atoms with E-state index in [0.29, 0.717) is 6.54 Å². The summed E-state index contributed by atoms with van der Waals surface area (Å²) >= 11 is 0. The molecular weight excluding hydrogens is 194 g/mol. The summed E-state index contributed by atoms with van der Waals surface area (Å²) < 4.78 is 0. The van der Waals surface area contributed by atoms with Crippen molar-refractivity contribution < 1.29 is 9.90 Å². The summed E-state index contributed by atoms with van der Waals surface area (Å²) in [5.74, 6) is -1.02. The minimum absolute atomic E-state index is 0.0483. The van der Waals surface area contributed by atoms with Crippen LogP contribution >= 0.6 is 0 Å². The van der Waals surface area contributed by atoms with E-state index in [2.05, 4.69) is 28.7 Å². The maximum atomic E-state index is 10.7. The van der Waals surface area contributed by atoms with E-state index in [0.717, 1.165) is 18.8 Å². The van der Waals surface area contributed by atoms with Crippen LogP contribution in [0.15, 0.2) is 12.4 Å². The molecule has 82 valence electrons. The zero-order valence-corrected chi connectivity index (χ0v) is 8.97. The lowest BCUT2D eigenvalue weighted by Gasteiger charge is -2.16. The standard InChI is InChI=1S/C10H15N3O2/c1-3-13(4-2)6-8-5-9(10(14)15)12-7-11-8/h5,7H,3-4,6H2,1-2H3,(H,14,15). The third-order valence-electron chi connectivity index (χ3n) is 2.22. The van der Waals surface area contributed by atoms with Gasteiger partial charge in [-0.3, -0.25) is 4.90 Å². The van der Waals surface area contributed by atoms with E-state index in [1.54, 1.807) is 0 Å². The smallest absolute Gasteiger partial charge is 0.354 e. The molecule has 0 unspecified atom stereocenters. The Morgan fingerprint density at radius 1 is 1.40 bits per heavy atom. The SMILES string of the molecule is CCN(CC)Cc1cc(C(=O)O)ncn1. The molecule has 0 fully saturated rings. The van der Waals surface area contributed by atoms with Gasteiger partial charge in [0.25, 0.3) is 0 Å². The van der Waals surface area contributed by atoms with Gasteiger partial charge in [0.15, 0.2) is 5.69 Å². The number of hydrogen-bond donors (Lipinski definition) is 1. The highest BCUT2D eigenvalue weighted by Gasteiger charge is 2.07. The van der Waals surface area contributed by atoms with Gasteiger partial charge in [-0.15, -0.1) is 0 Å². The fourth-order valence-corrected chi connectivity index (χ4v) is 1.28. The fourth-order valence-electron chi connectivity index (χ4n) is 1.28. The summed E-state index contributed by atoms with van der Waals surface area (Å²) in [6, 6.07) is 1.51. The summed E-state index contributed by atoms with van der Waals surface area (Å²) in [5, 5.41) is 8.75. The van der Waals surface area contributed by atoms with Gasteiger partial charge >= 0.3 is 5.97 Å². The third-order valence-corrected chi connectivity index (χ3v) is 2.22. The van der Waals surface area contributed by atoms with Crippen LogP contribution in [0.2, 0.25) is 0 Å². The van der Waals surface area contributed by atoms with E-state index < -0.39 is 5.97 Å². The lowest BCUT2D eigenvalue weighted by Crippen LogP contribution is -2.23. The molecule has 0 saturated heterocycles. The highest BCUT2D eigenvalue weighted by atomic mass is 16.4. The molecule has 0 bridgehead atoms. The zero-order chi connectivity index (χ0) is 11.3. The number of nitrogens with zero attached hydrogens (tertiary/aromatic N) is 3. The number of aromatic carboxylic acids is 1. The molecule has 0 atom stereocenters. The molecule has 0 amide bonds. The molecule has 0 radical (unpaired) electrons. The van der Waals surface area contributed by atoms with E-state index in [1.165, 1.54) is 12.4 Å². The predicted molar refractivity (Wildman–Crippen MR) is 55.6 cm³/mol. The molecule has 0 aliphatic carbocycles. The molecule has 0 saturated carbocycles. The average Bonchev–Trinajstić information content (AvgIpc) is 2.26. The van der Waals surface area contributed by atoms with Gasteiger partial charge in [0.05, 0.1) is 5.69 Å². The second kappa shape index (κ2) is 5.41. The lowest BCUT2D eigenvalue weighted by molar-refractivity contribution is 0.0690. The summed E-state index contributed by atoms with van der Waals surface area (Å²) in [6.45, 7) is 6.62. The van der Waals surface area contributed by atoms with Crippen LogP contribution < -0.4 is 0 Å². The maximum Gasteiger partial charge on any atom is 0.354 e. The van der Waals surface area contributed by atoms with Gasteiger partial charge in [-0.1, -0.05) is 13.8 Å². The first-order valence-corrected chi connectivity index (χ1v) is 4.94. The summed E-state index contributed by atoms with van der Waals surface area (Å²) in [6.07, 6.45) is 1.29. The van der Waals surface area contributed by atoms with Gasteiger partial charge in [0.2, 0.25) is 0 Å². The summed E-state index contributed by atoms with van der Waals surface area (Å²) in [4.78, 5) is 20.5. The van der Waals surface area contributed by atoms with Gasteiger partial charge in [-0.2, -0.15) is 0 Å². The number of carboxylic acid groups (broad SMARTS) is 1. The largest absolute Gasteiger partial charge is 0.477 e. The molecule has 1 heterocycles. The first kappa shape index (κ1) is 11.6. The minimum Gasteiger partial charge on any atom is -0.477 e. The van der Waals surface area contributed by atoms with Crippen LogP contribution in [0.3, 0.4) is 0 Å². The van der Waals surface area contributed by atoms with E-state index in [9.17, 15) is 4.79 Å². The van der Waals surface area contributed by atoms with Crippen LogP contribution in [0.1, 0.15) is 30.0 Å². The van der Waals surface area contributed by atoms with Crippen molar-refractivity contribution in [3.63, 3.8) is 0 Å². The molecule has 0 spiro atoms. The number of carboxylic acids is 1. The molecule has 1 rings (SSSR count). The molecule has 5 nitrogen and oxygen atoms in total. The van der Waals surface area contributed by atoms with E-state index in [1.807, 2.05) is 0 Å². The summed E-state index contributed by atoms with van der Waals surface area (Å²) in [5.41, 5.74) is 0.790. The van der Waals surface area contributed by atoms with Gasteiger partial charge in [-0.25, -0.2) is 14.8 Å². The molecule has 15 heavy (non-hydrogen) atoms. The van der Waals surface area contributed by atoms with E-state index >= 15 is 0 Å². The van der Waals surface area contributed by atoms with Crippen LogP contribution in [-0.2, 0) is 6.54 Å². The van der Waals surface area contributed by atoms with Crippen LogP contribution in [-0.4, -0.2) is 39.0 Å². The van der Waals surface area contributed by atoms with Gasteiger partial charge in [0, 0.05) is 6.54 Å². The number of hydrogen-bond acceptors (Lipinski definition) is 4. The Labute approximate surface area is 88.8 Å². The first-order chi connectivity index (χ1) is 7.17. The van der Waals surface area contributed by atoms with Gasteiger partial charge in [0.1, 0.15) is 6.33 Å². The first-order valence-electron chi connectivity index (χ1n) is 4.94. The Morgan fingerprint density at radius 2 is 2.07 bits per heavy atom. The van der Waals surface area contributed by atoms with Crippen LogP contribution in [0.4, 0.5) is 0 Å². The highest BCUT2D eigenvalue weighted by Crippen LogP contribution is 2.02. The Hall–Kier alpha value is -1.49. The lowest BCUT2D eigenvalue weighted by atomic mass is 10.3. The van der Waals surface area contributed by atoms with Crippen molar-refractivity contribution in [1.29, 1.82) is 0 Å². The molecule has 0 aromatic carbocycles. The highest BCUT2D eigenvalue weighted by molar-refractivity contribution is 5.85. The van der Waals surface area contributed by atoms with Crippen LogP contribution in [0.25, 0.3) is 0 Å². The Balaban J connectivity index is 2.77. The van der Waals surface area contributed by atoms with Crippen molar-refractivity contribution in [2.24, 2.45) is 0 Å². The van der Waals surface area contributed by atoms with Crippen molar-refractivity contribution in [2.75, 3.05) is 13.1 Å². The topological polar surface area (TPSA) is 66.3 Å². The van der Waals surface area contributed by atoms with E-state index in [4.69, 9.17) is 5.11 Å². The quantitative estimate of drug-likeness (QED) is 0.784. The van der Waals surface area contributed by atoms with Crippen LogP contribution in [0.5, 0.6) is 0 Å². The van der Waals surface area contributed by atoms with Crippen molar-refractivity contribution >= 4 is 5.97 Å². The van der Waals surface area contributed by atoms with Crippen molar-refractivity contribution in [3.8, 4) is 0 Å². The molecule has 0 aliphatic rings. The molecule has 0 aliphatic heterocycles. The second-order valence-electron chi connectivity index (χ2n) is 3.16. The number of carbonyl (C=O) groups is 1. The molecule has 5 heteroatoms. The Kier molecular flexibility index (Phi) is 4.17. The van der Waals surface area contributed by atoms with Crippen molar-refractivity contribution in [2.45, 2.75) is 20.4 Å². The van der Waals surface area contributed by atoms with Crippen LogP contribution in [0, 0.1) is 0 Å². The second-order valence-corrected chi connectivity index (χ2v) is 3.16. The molecule has 1 N–H and O–H groups in total. The van der Waals surface area contributed by atoms with E-state index in [-0.39, 0.29) is 5.69 Å². The molecule has 1 aromatic heterocycles. The fraction of sp³-hybridized carbons (Fsp3) is 0.500. The summed E-state index contributed by atoms with van der Waals surface area (Å²) in [7, 11) is 0.